The predicted octanol–water partition coefficient (Wildman–Crippen LogP) is 5.55. The molecule has 0 spiro atoms. The molecule has 3 aromatic carbocycles. The Labute approximate surface area is 218 Å². The van der Waals surface area contributed by atoms with Crippen molar-refractivity contribution >= 4 is 43.5 Å². The number of fused-ring (bicyclic) bond motifs is 2. The van der Waals surface area contributed by atoms with Gasteiger partial charge in [-0.1, -0.05) is 42.5 Å². The molecule has 1 heterocycles. The summed E-state index contributed by atoms with van der Waals surface area (Å²) in [5, 5.41) is 10.1. The van der Waals surface area contributed by atoms with E-state index in [1.54, 1.807) is 12.1 Å². The van der Waals surface area contributed by atoms with Crippen LogP contribution in [0.3, 0.4) is 0 Å². The molecule has 0 bridgehead atoms. The second-order valence-corrected chi connectivity index (χ2v) is 12.2. The van der Waals surface area contributed by atoms with Gasteiger partial charge in [-0.15, -0.1) is 0 Å². The second kappa shape index (κ2) is 10.3. The molecule has 2 aliphatic rings. The lowest BCUT2D eigenvalue weighted by Gasteiger charge is -2.28. The molecule has 2 fully saturated rings. The summed E-state index contributed by atoms with van der Waals surface area (Å²) in [5.41, 5.74) is 0.950. The van der Waals surface area contributed by atoms with E-state index in [1.807, 2.05) is 48.5 Å². The molecule has 2 saturated carbocycles. The SMILES string of the molecule is O=S(=O)(NCC1CCC(CNc2nc(NC3CC3)c3ccccc3n2)CC1)c1ccc2ccccc2c1. The quantitative estimate of drug-likeness (QED) is 0.270. The van der Waals surface area contributed by atoms with Gasteiger partial charge >= 0.3 is 0 Å². The maximum absolute atomic E-state index is 12.9. The molecule has 0 aliphatic heterocycles. The number of nitrogens with zero attached hydrogens (tertiary/aromatic N) is 2. The minimum atomic E-state index is -3.52. The standard InChI is InChI=1S/C29H33N5O2S/c35-37(36,25-16-13-22-5-1-2-6-23(22)17-25)31-19-21-11-9-20(10-12-21)18-30-29-33-27-8-4-3-7-26(27)28(34-29)32-24-14-15-24/h1-8,13,16-17,20-21,24,31H,9-12,14-15,18-19H2,(H2,30,32,33,34). The average molecular weight is 516 g/mol. The zero-order valence-electron chi connectivity index (χ0n) is 20.9. The van der Waals surface area contributed by atoms with Gasteiger partial charge in [0.15, 0.2) is 0 Å². The van der Waals surface area contributed by atoms with Crippen LogP contribution >= 0.6 is 0 Å². The van der Waals surface area contributed by atoms with Gasteiger partial charge in [0.1, 0.15) is 5.82 Å². The molecule has 192 valence electrons. The predicted molar refractivity (Wildman–Crippen MR) is 149 cm³/mol. The molecule has 37 heavy (non-hydrogen) atoms. The first-order valence-electron chi connectivity index (χ1n) is 13.3. The molecule has 0 radical (unpaired) electrons. The lowest BCUT2D eigenvalue weighted by atomic mass is 9.82. The number of para-hydroxylation sites is 1. The molecule has 4 aromatic rings. The largest absolute Gasteiger partial charge is 0.367 e. The lowest BCUT2D eigenvalue weighted by Crippen LogP contribution is -2.32. The van der Waals surface area contributed by atoms with E-state index in [2.05, 4.69) is 21.4 Å². The smallest absolute Gasteiger partial charge is 0.240 e. The van der Waals surface area contributed by atoms with Gasteiger partial charge in [-0.25, -0.2) is 18.1 Å². The number of sulfonamides is 1. The van der Waals surface area contributed by atoms with Gasteiger partial charge in [0.05, 0.1) is 10.4 Å². The number of hydrogen-bond donors (Lipinski definition) is 3. The van der Waals surface area contributed by atoms with E-state index in [1.165, 1.54) is 12.8 Å². The highest BCUT2D eigenvalue weighted by Gasteiger charge is 2.25. The van der Waals surface area contributed by atoms with Crippen LogP contribution in [0.4, 0.5) is 11.8 Å². The fourth-order valence-corrected chi connectivity index (χ4v) is 6.36. The summed E-state index contributed by atoms with van der Waals surface area (Å²) >= 11 is 0. The highest BCUT2D eigenvalue weighted by molar-refractivity contribution is 7.89. The maximum atomic E-state index is 12.9. The van der Waals surface area contributed by atoms with Crippen LogP contribution in [0.25, 0.3) is 21.7 Å². The molecule has 7 nitrogen and oxygen atoms in total. The monoisotopic (exact) mass is 515 g/mol. The van der Waals surface area contributed by atoms with Crippen LogP contribution < -0.4 is 15.4 Å². The topological polar surface area (TPSA) is 96.0 Å². The van der Waals surface area contributed by atoms with Crippen molar-refractivity contribution in [1.82, 2.24) is 14.7 Å². The van der Waals surface area contributed by atoms with Crippen molar-refractivity contribution in [3.63, 3.8) is 0 Å². The van der Waals surface area contributed by atoms with Crippen LogP contribution in [0, 0.1) is 11.8 Å². The molecule has 1 aromatic heterocycles. The lowest BCUT2D eigenvalue weighted by molar-refractivity contribution is 0.284. The van der Waals surface area contributed by atoms with E-state index in [-0.39, 0.29) is 0 Å². The molecule has 0 unspecified atom stereocenters. The van der Waals surface area contributed by atoms with Gasteiger partial charge in [0, 0.05) is 24.5 Å². The van der Waals surface area contributed by atoms with Crippen molar-refractivity contribution in [3.8, 4) is 0 Å². The Morgan fingerprint density at radius 3 is 2.24 bits per heavy atom. The summed E-state index contributed by atoms with van der Waals surface area (Å²) < 4.78 is 28.6. The van der Waals surface area contributed by atoms with E-state index >= 15 is 0 Å². The first kappa shape index (κ1) is 24.1. The summed E-state index contributed by atoms with van der Waals surface area (Å²) in [6.45, 7) is 1.32. The molecule has 0 atom stereocenters. The Kier molecular flexibility index (Phi) is 6.69. The molecule has 3 N–H and O–H groups in total. The Morgan fingerprint density at radius 1 is 0.757 bits per heavy atom. The number of hydrogen-bond acceptors (Lipinski definition) is 6. The Hall–Kier alpha value is -3.23. The van der Waals surface area contributed by atoms with Gasteiger partial charge in [-0.2, -0.15) is 4.98 Å². The second-order valence-electron chi connectivity index (χ2n) is 10.5. The molecular formula is C29H33N5O2S. The van der Waals surface area contributed by atoms with E-state index in [4.69, 9.17) is 9.97 Å². The number of benzene rings is 3. The first-order valence-corrected chi connectivity index (χ1v) is 14.8. The van der Waals surface area contributed by atoms with Gasteiger partial charge in [-0.05, 0) is 85.4 Å². The average Bonchev–Trinajstić information content (AvgIpc) is 3.75. The molecule has 6 rings (SSSR count). The van der Waals surface area contributed by atoms with Gasteiger partial charge in [0.25, 0.3) is 0 Å². The fourth-order valence-electron chi connectivity index (χ4n) is 5.21. The van der Waals surface area contributed by atoms with Gasteiger partial charge in [-0.3, -0.25) is 0 Å². The van der Waals surface area contributed by atoms with Crippen LogP contribution in [0.1, 0.15) is 38.5 Å². The van der Waals surface area contributed by atoms with Gasteiger partial charge < -0.3 is 10.6 Å². The Balaban J connectivity index is 1.01. The number of anilines is 2. The normalized spacial score (nSPS) is 20.2. The third-order valence-electron chi connectivity index (χ3n) is 7.63. The van der Waals surface area contributed by atoms with E-state index in [0.29, 0.717) is 35.3 Å². The zero-order valence-corrected chi connectivity index (χ0v) is 21.7. The summed E-state index contributed by atoms with van der Waals surface area (Å²) in [6, 6.07) is 21.8. The third kappa shape index (κ3) is 5.70. The highest BCUT2D eigenvalue weighted by Crippen LogP contribution is 2.31. The van der Waals surface area contributed by atoms with Crippen LogP contribution in [0.5, 0.6) is 0 Å². The summed E-state index contributed by atoms with van der Waals surface area (Å²) in [7, 11) is -3.52. The summed E-state index contributed by atoms with van der Waals surface area (Å²) in [5.74, 6) is 2.48. The molecular weight excluding hydrogens is 482 g/mol. The van der Waals surface area contributed by atoms with Crippen molar-refractivity contribution in [2.24, 2.45) is 11.8 Å². The molecule has 0 amide bonds. The van der Waals surface area contributed by atoms with Crippen LogP contribution in [0.2, 0.25) is 0 Å². The number of nitrogens with one attached hydrogen (secondary N) is 3. The maximum Gasteiger partial charge on any atom is 0.240 e. The molecule has 8 heteroatoms. The van der Waals surface area contributed by atoms with Crippen LogP contribution in [-0.2, 0) is 10.0 Å². The van der Waals surface area contributed by atoms with Crippen molar-refractivity contribution < 1.29 is 8.42 Å². The van der Waals surface area contributed by atoms with Gasteiger partial charge in [0.2, 0.25) is 16.0 Å². The van der Waals surface area contributed by atoms with Crippen molar-refractivity contribution in [1.29, 1.82) is 0 Å². The molecule has 2 aliphatic carbocycles. The van der Waals surface area contributed by atoms with Crippen molar-refractivity contribution in [2.45, 2.75) is 49.5 Å². The van der Waals surface area contributed by atoms with Crippen LogP contribution in [0.15, 0.2) is 71.6 Å². The minimum absolute atomic E-state index is 0.329. The van der Waals surface area contributed by atoms with Crippen LogP contribution in [-0.4, -0.2) is 37.5 Å². The first-order chi connectivity index (χ1) is 18.0. The zero-order chi connectivity index (χ0) is 25.2. The fraction of sp³-hybridized carbons (Fsp3) is 0.379. The number of rotatable bonds is 9. The third-order valence-corrected chi connectivity index (χ3v) is 9.05. The highest BCUT2D eigenvalue weighted by atomic mass is 32.2. The summed E-state index contributed by atoms with van der Waals surface area (Å²) in [4.78, 5) is 9.83. The van der Waals surface area contributed by atoms with E-state index in [0.717, 1.165) is 59.7 Å². The van der Waals surface area contributed by atoms with Crippen molar-refractivity contribution in [3.05, 3.63) is 66.7 Å². The molecule has 0 saturated heterocycles. The minimum Gasteiger partial charge on any atom is -0.367 e. The summed E-state index contributed by atoms with van der Waals surface area (Å²) in [6.07, 6.45) is 6.55. The van der Waals surface area contributed by atoms with E-state index < -0.39 is 10.0 Å². The number of aromatic nitrogens is 2. The Morgan fingerprint density at radius 2 is 1.46 bits per heavy atom. The van der Waals surface area contributed by atoms with Crippen molar-refractivity contribution in [2.75, 3.05) is 23.7 Å². The van der Waals surface area contributed by atoms with E-state index in [9.17, 15) is 8.42 Å². The Bertz CT molecular complexity index is 1510.